The molecule has 0 saturated heterocycles. The third kappa shape index (κ3) is 9.55. The van der Waals surface area contributed by atoms with Crippen LogP contribution in [0.1, 0.15) is 26.5 Å². The molecule has 2 amide bonds. The summed E-state index contributed by atoms with van der Waals surface area (Å²) in [6.45, 7) is 6.15. The van der Waals surface area contributed by atoms with Crippen LogP contribution < -0.4 is 16.0 Å². The molecule has 9 nitrogen and oxygen atoms in total. The maximum Gasteiger partial charge on any atom is 0.407 e. The fourth-order valence-electron chi connectivity index (χ4n) is 1.74. The number of carbonyl (C=O) groups is 2. The molecule has 0 aliphatic rings. The van der Waals surface area contributed by atoms with Gasteiger partial charge in [-0.05, 0) is 32.9 Å². The van der Waals surface area contributed by atoms with Crippen LogP contribution in [0.3, 0.4) is 0 Å². The van der Waals surface area contributed by atoms with Gasteiger partial charge in [0.15, 0.2) is 5.84 Å². The Bertz CT molecular complexity index is 700. The van der Waals surface area contributed by atoms with E-state index in [1.165, 1.54) is 13.4 Å². The highest BCUT2D eigenvalue weighted by Crippen LogP contribution is 2.11. The lowest BCUT2D eigenvalue weighted by atomic mass is 10.2. The van der Waals surface area contributed by atoms with Crippen LogP contribution >= 0.6 is 11.6 Å². The number of nitrogens with one attached hydrogen (secondary N) is 3. The topological polar surface area (TPSA) is 117 Å². The van der Waals surface area contributed by atoms with Crippen molar-refractivity contribution in [2.75, 3.05) is 20.1 Å². The van der Waals surface area contributed by atoms with Crippen LogP contribution in [0.25, 0.3) is 0 Å². The van der Waals surface area contributed by atoms with E-state index < -0.39 is 17.6 Å². The number of aliphatic imine (C=N–C) groups is 2. The smallest absolute Gasteiger partial charge is 0.407 e. The average molecular weight is 397 g/mol. The molecule has 0 bridgehead atoms. The minimum atomic E-state index is -0.547. The third-order valence-electron chi connectivity index (χ3n) is 2.89. The number of alkyl carbamates (subject to hydrolysis) is 1. The Balaban J connectivity index is 2.32. The van der Waals surface area contributed by atoms with Gasteiger partial charge in [0.2, 0.25) is 0 Å². The maximum atomic E-state index is 12.1. The van der Waals surface area contributed by atoms with Crippen molar-refractivity contribution in [3.63, 3.8) is 0 Å². The lowest BCUT2D eigenvalue weighted by molar-refractivity contribution is -0.115. The van der Waals surface area contributed by atoms with E-state index in [0.29, 0.717) is 23.8 Å². The summed E-state index contributed by atoms with van der Waals surface area (Å²) < 4.78 is 5.10. The summed E-state index contributed by atoms with van der Waals surface area (Å²) in [5.41, 5.74) is 0.0127. The first-order chi connectivity index (χ1) is 12.7. The summed E-state index contributed by atoms with van der Waals surface area (Å²) in [6.07, 6.45) is 2.43. The second kappa shape index (κ2) is 11.1. The highest BCUT2D eigenvalue weighted by molar-refractivity contribution is 6.39. The van der Waals surface area contributed by atoms with Crippen molar-refractivity contribution in [3.05, 3.63) is 29.0 Å². The Morgan fingerprint density at radius 3 is 2.70 bits per heavy atom. The highest BCUT2D eigenvalue weighted by Gasteiger charge is 2.15. The van der Waals surface area contributed by atoms with Gasteiger partial charge in [0, 0.05) is 19.8 Å². The van der Waals surface area contributed by atoms with Crippen LogP contribution in [-0.2, 0) is 16.1 Å². The fraction of sp³-hybridized carbons (Fsp3) is 0.471. The minimum absolute atomic E-state index is 0.0888. The molecule has 0 aliphatic carbocycles. The molecule has 0 unspecified atom stereocenters. The van der Waals surface area contributed by atoms with Crippen LogP contribution in [0.4, 0.5) is 4.79 Å². The summed E-state index contributed by atoms with van der Waals surface area (Å²) in [6, 6.07) is 3.41. The largest absolute Gasteiger partial charge is 0.444 e. The predicted octanol–water partition coefficient (Wildman–Crippen LogP) is 1.52. The summed E-state index contributed by atoms with van der Waals surface area (Å²) in [7, 11) is 1.48. The van der Waals surface area contributed by atoms with Gasteiger partial charge in [-0.25, -0.2) is 4.79 Å². The number of hydrogen-bond donors (Lipinski definition) is 3. The van der Waals surface area contributed by atoms with Crippen LogP contribution in [0.5, 0.6) is 0 Å². The van der Waals surface area contributed by atoms with Crippen LogP contribution in [0.15, 0.2) is 28.3 Å². The van der Waals surface area contributed by atoms with Gasteiger partial charge in [-0.2, -0.15) is 0 Å². The summed E-state index contributed by atoms with van der Waals surface area (Å²) >= 11 is 5.99. The molecule has 0 spiro atoms. The molecule has 0 atom stereocenters. The molecule has 1 rings (SSSR count). The van der Waals surface area contributed by atoms with Crippen molar-refractivity contribution < 1.29 is 14.3 Å². The summed E-state index contributed by atoms with van der Waals surface area (Å²) in [4.78, 5) is 35.6. The first-order valence-electron chi connectivity index (χ1n) is 8.29. The molecule has 3 N–H and O–H groups in total. The van der Waals surface area contributed by atoms with Gasteiger partial charge in [-0.15, -0.1) is 0 Å². The quantitative estimate of drug-likeness (QED) is 0.383. The number of ether oxygens (including phenoxy) is 1. The van der Waals surface area contributed by atoms with E-state index in [9.17, 15) is 9.59 Å². The van der Waals surface area contributed by atoms with Gasteiger partial charge in [0.1, 0.15) is 5.60 Å². The highest BCUT2D eigenvalue weighted by atomic mass is 35.5. The van der Waals surface area contributed by atoms with Gasteiger partial charge in [-0.3, -0.25) is 19.8 Å². The third-order valence-corrected chi connectivity index (χ3v) is 3.24. The normalized spacial score (nSPS) is 12.0. The average Bonchev–Trinajstić information content (AvgIpc) is 2.58. The molecule has 0 saturated carbocycles. The molecular weight excluding hydrogens is 372 g/mol. The monoisotopic (exact) mass is 396 g/mol. The van der Waals surface area contributed by atoms with Crippen molar-refractivity contribution in [2.24, 2.45) is 9.98 Å². The Morgan fingerprint density at radius 2 is 2.07 bits per heavy atom. The van der Waals surface area contributed by atoms with E-state index >= 15 is 0 Å². The van der Waals surface area contributed by atoms with Crippen LogP contribution in [0, 0.1) is 0 Å². The van der Waals surface area contributed by atoms with E-state index in [1.54, 1.807) is 39.1 Å². The molecule has 27 heavy (non-hydrogen) atoms. The summed E-state index contributed by atoms with van der Waals surface area (Å²) in [5.74, 6) is -0.330. The van der Waals surface area contributed by atoms with Crippen LogP contribution in [-0.4, -0.2) is 54.9 Å². The van der Waals surface area contributed by atoms with Crippen molar-refractivity contribution in [1.82, 2.24) is 20.9 Å². The molecule has 1 aromatic heterocycles. The first-order valence-corrected chi connectivity index (χ1v) is 8.67. The van der Waals surface area contributed by atoms with Crippen molar-refractivity contribution >= 4 is 35.8 Å². The Labute approximate surface area is 163 Å². The van der Waals surface area contributed by atoms with E-state index in [0.717, 1.165) is 0 Å². The van der Waals surface area contributed by atoms with Crippen molar-refractivity contribution in [3.8, 4) is 0 Å². The molecule has 0 radical (unpaired) electrons. The molecule has 1 heterocycles. The molecule has 10 heteroatoms. The zero-order chi connectivity index (χ0) is 20.3. The van der Waals surface area contributed by atoms with Gasteiger partial charge < -0.3 is 20.7 Å². The second-order valence-electron chi connectivity index (χ2n) is 6.30. The van der Waals surface area contributed by atoms with Gasteiger partial charge in [0.25, 0.3) is 5.91 Å². The van der Waals surface area contributed by atoms with E-state index in [2.05, 4.69) is 30.9 Å². The number of rotatable bonds is 6. The molecule has 0 fully saturated rings. The Morgan fingerprint density at radius 1 is 1.33 bits per heavy atom. The molecule has 148 valence electrons. The number of amides is 2. The number of amidine groups is 1. The van der Waals surface area contributed by atoms with Crippen molar-refractivity contribution in [2.45, 2.75) is 32.9 Å². The number of halogens is 1. The lowest BCUT2D eigenvalue weighted by Crippen LogP contribution is -2.39. The zero-order valence-corrected chi connectivity index (χ0v) is 16.6. The molecule has 0 aliphatic heterocycles. The zero-order valence-electron chi connectivity index (χ0n) is 15.9. The van der Waals surface area contributed by atoms with Gasteiger partial charge >= 0.3 is 6.09 Å². The lowest BCUT2D eigenvalue weighted by Gasteiger charge is -2.19. The number of carbonyl (C=O) groups excluding carboxylic acids is 2. The van der Waals surface area contributed by atoms with E-state index in [4.69, 9.17) is 16.3 Å². The van der Waals surface area contributed by atoms with Crippen LogP contribution in [0.2, 0.25) is 5.02 Å². The molecular formula is C17H25ClN6O3. The SMILES string of the molecule is CN=C(NC=NCCNC(=O)OC(C)(C)C)C(=O)NCc1ncccc1Cl. The van der Waals surface area contributed by atoms with E-state index in [1.807, 2.05) is 0 Å². The second-order valence-corrected chi connectivity index (χ2v) is 6.70. The Hall–Kier alpha value is -2.68. The number of pyridine rings is 1. The minimum Gasteiger partial charge on any atom is -0.444 e. The number of aromatic nitrogens is 1. The van der Waals surface area contributed by atoms with Gasteiger partial charge in [-0.1, -0.05) is 11.6 Å². The van der Waals surface area contributed by atoms with Gasteiger partial charge in [0.05, 0.1) is 30.1 Å². The predicted molar refractivity (Wildman–Crippen MR) is 105 cm³/mol. The summed E-state index contributed by atoms with van der Waals surface area (Å²) in [5, 5.41) is 8.41. The Kier molecular flexibility index (Phi) is 9.21. The number of hydrogen-bond acceptors (Lipinski definition) is 6. The fourth-order valence-corrected chi connectivity index (χ4v) is 1.92. The number of nitrogens with zero attached hydrogens (tertiary/aromatic N) is 3. The molecule has 1 aromatic rings. The maximum absolute atomic E-state index is 12.1. The van der Waals surface area contributed by atoms with E-state index in [-0.39, 0.29) is 12.4 Å². The standard InChI is InChI=1S/C17H25ClN6O3/c1-17(2,3)27-16(26)22-9-8-20-11-24-14(19-4)15(25)23-10-13-12(18)6-5-7-21-13/h5-7,11H,8-10H2,1-4H3,(H,22,26)(H,23,25)(H,19,20,24). The molecule has 0 aromatic carbocycles. The first kappa shape index (κ1) is 22.4. The van der Waals surface area contributed by atoms with Crippen molar-refractivity contribution in [1.29, 1.82) is 0 Å².